The van der Waals surface area contributed by atoms with Gasteiger partial charge in [-0.3, -0.25) is 4.79 Å². The van der Waals surface area contributed by atoms with Crippen LogP contribution < -0.4 is 0 Å². The third-order valence-corrected chi connectivity index (χ3v) is 5.79. The van der Waals surface area contributed by atoms with E-state index >= 15 is 0 Å². The molecule has 148 valence electrons. The quantitative estimate of drug-likeness (QED) is 0.494. The molecule has 3 atom stereocenters. The first-order valence-corrected chi connectivity index (χ1v) is 9.89. The minimum absolute atomic E-state index is 0.0327. The first-order chi connectivity index (χ1) is 12.8. The standard InChI is InChI=1S/C22H30O5/c1-16(6-4-8-17-11-15-25-20(17)24)7-5-12-21(2)13-9-18(26-21)22(3)14-10-19(23)27-22/h5-6,11-12,18H,4,7-10,13-15H2,1-3H3/b12-5+,16-6+/t18-,21+,22+/m1/s1. The molecule has 3 heterocycles. The SMILES string of the molecule is C/C(=C\CCC1=CCOC1=O)C/C=C/[C@@]1(C)CC[C@H]([C@]2(C)CCC(=O)O2)O1. The van der Waals surface area contributed by atoms with E-state index in [9.17, 15) is 9.59 Å². The Morgan fingerprint density at radius 3 is 2.78 bits per heavy atom. The summed E-state index contributed by atoms with van der Waals surface area (Å²) in [5, 5.41) is 0. The van der Waals surface area contributed by atoms with E-state index < -0.39 is 5.60 Å². The van der Waals surface area contributed by atoms with E-state index in [1.807, 2.05) is 13.0 Å². The normalized spacial score (nSPS) is 34.3. The van der Waals surface area contributed by atoms with Crippen molar-refractivity contribution in [3.63, 3.8) is 0 Å². The fourth-order valence-corrected chi connectivity index (χ4v) is 4.00. The van der Waals surface area contributed by atoms with Gasteiger partial charge in [-0.05, 0) is 65.4 Å². The van der Waals surface area contributed by atoms with Crippen LogP contribution >= 0.6 is 0 Å². The van der Waals surface area contributed by atoms with Crippen LogP contribution in [0.1, 0.15) is 65.7 Å². The van der Waals surface area contributed by atoms with Crippen LogP contribution in [0.25, 0.3) is 0 Å². The second-order valence-corrected chi connectivity index (χ2v) is 8.27. The molecule has 27 heavy (non-hydrogen) atoms. The Labute approximate surface area is 161 Å². The number of allylic oxidation sites excluding steroid dienone is 3. The number of rotatable bonds is 7. The molecular formula is C22H30O5. The van der Waals surface area contributed by atoms with Crippen molar-refractivity contribution >= 4 is 11.9 Å². The Morgan fingerprint density at radius 2 is 2.11 bits per heavy atom. The van der Waals surface area contributed by atoms with Crippen LogP contribution in [0, 0.1) is 0 Å². The Bertz CT molecular complexity index is 689. The second kappa shape index (κ2) is 8.01. The summed E-state index contributed by atoms with van der Waals surface area (Å²) in [5.74, 6) is -0.295. The molecule has 5 nitrogen and oxygen atoms in total. The molecule has 0 bridgehead atoms. The summed E-state index contributed by atoms with van der Waals surface area (Å²) in [4.78, 5) is 22.9. The van der Waals surface area contributed by atoms with E-state index in [0.717, 1.165) is 44.1 Å². The smallest absolute Gasteiger partial charge is 0.334 e. The van der Waals surface area contributed by atoms with Crippen LogP contribution in [0.2, 0.25) is 0 Å². The van der Waals surface area contributed by atoms with Gasteiger partial charge < -0.3 is 14.2 Å². The molecule has 0 unspecified atom stereocenters. The molecule has 0 aliphatic carbocycles. The minimum Gasteiger partial charge on any atom is -0.458 e. The molecule has 0 amide bonds. The lowest BCUT2D eigenvalue weighted by Crippen LogP contribution is -2.40. The number of carbonyl (C=O) groups excluding carboxylic acids is 2. The van der Waals surface area contributed by atoms with Crippen molar-refractivity contribution < 1.29 is 23.8 Å². The average molecular weight is 374 g/mol. The van der Waals surface area contributed by atoms with Gasteiger partial charge in [0.2, 0.25) is 0 Å². The molecule has 3 rings (SSSR count). The van der Waals surface area contributed by atoms with Gasteiger partial charge in [0, 0.05) is 12.0 Å². The Morgan fingerprint density at radius 1 is 1.30 bits per heavy atom. The first-order valence-electron chi connectivity index (χ1n) is 9.89. The molecule has 0 saturated carbocycles. The van der Waals surface area contributed by atoms with E-state index in [1.54, 1.807) is 0 Å². The highest BCUT2D eigenvalue weighted by Crippen LogP contribution is 2.42. The zero-order chi connectivity index (χ0) is 19.5. The number of hydrogen-bond acceptors (Lipinski definition) is 5. The van der Waals surface area contributed by atoms with Crippen LogP contribution in [-0.2, 0) is 23.8 Å². The largest absolute Gasteiger partial charge is 0.458 e. The maximum Gasteiger partial charge on any atom is 0.334 e. The predicted molar refractivity (Wildman–Crippen MR) is 102 cm³/mol. The van der Waals surface area contributed by atoms with Crippen LogP contribution in [-0.4, -0.2) is 35.9 Å². The number of cyclic esters (lactones) is 2. The topological polar surface area (TPSA) is 61.8 Å². The van der Waals surface area contributed by atoms with E-state index in [1.165, 1.54) is 5.57 Å². The third kappa shape index (κ3) is 4.89. The summed E-state index contributed by atoms with van der Waals surface area (Å²) in [6.07, 6.45) is 13.8. The summed E-state index contributed by atoms with van der Waals surface area (Å²) in [6.45, 7) is 6.60. The van der Waals surface area contributed by atoms with E-state index in [4.69, 9.17) is 14.2 Å². The predicted octanol–water partition coefficient (Wildman–Crippen LogP) is 4.18. The maximum absolute atomic E-state index is 11.5. The lowest BCUT2D eigenvalue weighted by molar-refractivity contribution is -0.162. The molecule has 0 aromatic carbocycles. The molecule has 0 N–H and O–H groups in total. The highest BCUT2D eigenvalue weighted by atomic mass is 16.6. The van der Waals surface area contributed by atoms with Gasteiger partial charge in [-0.15, -0.1) is 0 Å². The Kier molecular flexibility index (Phi) is 5.89. The van der Waals surface area contributed by atoms with Gasteiger partial charge in [0.15, 0.2) is 0 Å². The highest BCUT2D eigenvalue weighted by Gasteiger charge is 2.49. The van der Waals surface area contributed by atoms with Gasteiger partial charge in [-0.25, -0.2) is 4.79 Å². The Balaban J connectivity index is 1.45. The fraction of sp³-hybridized carbons (Fsp3) is 0.636. The molecule has 3 aliphatic heterocycles. The van der Waals surface area contributed by atoms with Crippen molar-refractivity contribution in [2.24, 2.45) is 0 Å². The molecule has 0 radical (unpaired) electrons. The van der Waals surface area contributed by atoms with Gasteiger partial charge in [0.1, 0.15) is 12.2 Å². The zero-order valence-electron chi connectivity index (χ0n) is 16.6. The van der Waals surface area contributed by atoms with Crippen LogP contribution in [0.3, 0.4) is 0 Å². The number of carbonyl (C=O) groups is 2. The van der Waals surface area contributed by atoms with E-state index in [-0.39, 0.29) is 23.6 Å². The molecule has 3 aliphatic rings. The van der Waals surface area contributed by atoms with E-state index in [0.29, 0.717) is 13.0 Å². The summed E-state index contributed by atoms with van der Waals surface area (Å²) in [7, 11) is 0. The van der Waals surface area contributed by atoms with Crippen molar-refractivity contribution in [1.29, 1.82) is 0 Å². The zero-order valence-corrected chi connectivity index (χ0v) is 16.6. The molecule has 0 aromatic rings. The number of esters is 2. The molecular weight excluding hydrogens is 344 g/mol. The highest BCUT2D eigenvalue weighted by molar-refractivity contribution is 5.90. The van der Waals surface area contributed by atoms with Crippen LogP contribution in [0.15, 0.2) is 35.5 Å². The lowest BCUT2D eigenvalue weighted by atomic mass is 9.92. The maximum atomic E-state index is 11.5. The summed E-state index contributed by atoms with van der Waals surface area (Å²) >= 11 is 0. The Hall–Kier alpha value is -1.88. The summed E-state index contributed by atoms with van der Waals surface area (Å²) < 4.78 is 16.7. The average Bonchev–Trinajstić information content (AvgIpc) is 3.29. The minimum atomic E-state index is -0.478. The van der Waals surface area contributed by atoms with Crippen molar-refractivity contribution in [2.45, 2.75) is 83.0 Å². The molecule has 0 spiro atoms. The number of hydrogen-bond donors (Lipinski definition) is 0. The van der Waals surface area contributed by atoms with Crippen LogP contribution in [0.5, 0.6) is 0 Å². The lowest BCUT2D eigenvalue weighted by Gasteiger charge is -2.31. The van der Waals surface area contributed by atoms with Crippen molar-refractivity contribution in [2.75, 3.05) is 6.61 Å². The van der Waals surface area contributed by atoms with Gasteiger partial charge in [-0.1, -0.05) is 23.8 Å². The van der Waals surface area contributed by atoms with Crippen molar-refractivity contribution in [3.8, 4) is 0 Å². The molecule has 0 aromatic heterocycles. The van der Waals surface area contributed by atoms with E-state index in [2.05, 4.69) is 32.1 Å². The third-order valence-electron chi connectivity index (χ3n) is 5.79. The number of ether oxygens (including phenoxy) is 3. The molecule has 2 saturated heterocycles. The second-order valence-electron chi connectivity index (χ2n) is 8.27. The van der Waals surface area contributed by atoms with Crippen LogP contribution in [0.4, 0.5) is 0 Å². The monoisotopic (exact) mass is 374 g/mol. The summed E-state index contributed by atoms with van der Waals surface area (Å²) in [5.41, 5.74) is 1.28. The van der Waals surface area contributed by atoms with Gasteiger partial charge >= 0.3 is 11.9 Å². The van der Waals surface area contributed by atoms with Gasteiger partial charge in [-0.2, -0.15) is 0 Å². The van der Waals surface area contributed by atoms with Gasteiger partial charge in [0.05, 0.1) is 11.7 Å². The van der Waals surface area contributed by atoms with Crippen molar-refractivity contribution in [1.82, 2.24) is 0 Å². The first kappa shape index (κ1) is 19.9. The van der Waals surface area contributed by atoms with Gasteiger partial charge in [0.25, 0.3) is 0 Å². The fourth-order valence-electron chi connectivity index (χ4n) is 4.00. The summed E-state index contributed by atoms with van der Waals surface area (Å²) in [6, 6.07) is 0. The molecule has 5 heteroatoms. The van der Waals surface area contributed by atoms with Crippen molar-refractivity contribution in [3.05, 3.63) is 35.5 Å². The molecule has 2 fully saturated rings.